The summed E-state index contributed by atoms with van der Waals surface area (Å²) in [5, 5.41) is 7.67. The number of nitrogens with two attached hydrogens (primary N) is 1. The SMILES string of the molecule is NC(=O)c1c(N2CCNCC2)nn2cccnc12. The molecule has 0 atom stereocenters. The normalized spacial score (nSPS) is 16.1. The highest BCUT2D eigenvalue weighted by molar-refractivity contribution is 6.03. The molecule has 1 amide bonds. The van der Waals surface area contributed by atoms with Crippen molar-refractivity contribution in [1.82, 2.24) is 19.9 Å². The highest BCUT2D eigenvalue weighted by atomic mass is 16.1. The van der Waals surface area contributed by atoms with E-state index in [9.17, 15) is 4.79 Å². The summed E-state index contributed by atoms with van der Waals surface area (Å²) in [5.41, 5.74) is 6.37. The summed E-state index contributed by atoms with van der Waals surface area (Å²) in [7, 11) is 0. The second-order valence-corrected chi connectivity index (χ2v) is 4.19. The van der Waals surface area contributed by atoms with Crippen LogP contribution in [0.1, 0.15) is 10.4 Å². The number of primary amides is 1. The third-order valence-electron chi connectivity index (χ3n) is 3.04. The zero-order valence-electron chi connectivity index (χ0n) is 9.83. The molecule has 0 spiro atoms. The summed E-state index contributed by atoms with van der Waals surface area (Å²) >= 11 is 0. The van der Waals surface area contributed by atoms with Gasteiger partial charge in [0.1, 0.15) is 5.56 Å². The van der Waals surface area contributed by atoms with Crippen LogP contribution in [0.3, 0.4) is 0 Å². The summed E-state index contributed by atoms with van der Waals surface area (Å²) in [6.45, 7) is 3.37. The van der Waals surface area contributed by atoms with Gasteiger partial charge in [-0.05, 0) is 6.07 Å². The van der Waals surface area contributed by atoms with Gasteiger partial charge in [0.15, 0.2) is 11.5 Å². The molecule has 7 nitrogen and oxygen atoms in total. The van der Waals surface area contributed by atoms with E-state index in [4.69, 9.17) is 5.73 Å². The van der Waals surface area contributed by atoms with Crippen LogP contribution in [0, 0.1) is 0 Å². The first-order valence-corrected chi connectivity index (χ1v) is 5.86. The van der Waals surface area contributed by atoms with E-state index in [1.165, 1.54) is 0 Å². The standard InChI is InChI=1S/C11H14N6O/c12-9(18)8-10-14-2-1-5-17(10)15-11(8)16-6-3-13-4-7-16/h1-2,5,13H,3-4,6-7H2,(H2,12,18). The molecule has 3 heterocycles. The fraction of sp³-hybridized carbons (Fsp3) is 0.364. The van der Waals surface area contributed by atoms with Gasteiger partial charge in [-0.15, -0.1) is 5.10 Å². The van der Waals surface area contributed by atoms with Gasteiger partial charge in [-0.2, -0.15) is 0 Å². The summed E-state index contributed by atoms with van der Waals surface area (Å²) < 4.78 is 1.59. The van der Waals surface area contributed by atoms with Crippen LogP contribution in [0.25, 0.3) is 5.65 Å². The van der Waals surface area contributed by atoms with E-state index in [1.54, 1.807) is 23.0 Å². The van der Waals surface area contributed by atoms with Gasteiger partial charge < -0.3 is 16.0 Å². The minimum absolute atomic E-state index is 0.400. The molecule has 3 N–H and O–H groups in total. The number of amides is 1. The maximum Gasteiger partial charge on any atom is 0.256 e. The van der Waals surface area contributed by atoms with E-state index in [-0.39, 0.29) is 0 Å². The fourth-order valence-corrected chi connectivity index (χ4v) is 2.19. The first kappa shape index (κ1) is 11.0. The van der Waals surface area contributed by atoms with E-state index in [0.717, 1.165) is 26.2 Å². The van der Waals surface area contributed by atoms with E-state index < -0.39 is 5.91 Å². The molecule has 2 aromatic heterocycles. The second-order valence-electron chi connectivity index (χ2n) is 4.19. The second kappa shape index (κ2) is 4.26. The summed E-state index contributed by atoms with van der Waals surface area (Å²) in [4.78, 5) is 17.9. The van der Waals surface area contributed by atoms with Gasteiger partial charge in [0, 0.05) is 38.6 Å². The molecule has 3 rings (SSSR count). The van der Waals surface area contributed by atoms with Crippen LogP contribution in [0.4, 0.5) is 5.82 Å². The van der Waals surface area contributed by atoms with Crippen molar-refractivity contribution in [3.63, 3.8) is 0 Å². The third kappa shape index (κ3) is 1.68. The number of aromatic nitrogens is 3. The highest BCUT2D eigenvalue weighted by Crippen LogP contribution is 2.22. The number of anilines is 1. The number of hydrogen-bond donors (Lipinski definition) is 2. The molecule has 94 valence electrons. The predicted molar refractivity (Wildman–Crippen MR) is 66.6 cm³/mol. The minimum Gasteiger partial charge on any atom is -0.365 e. The monoisotopic (exact) mass is 246 g/mol. The Kier molecular flexibility index (Phi) is 2.60. The average molecular weight is 246 g/mol. The number of nitrogens with zero attached hydrogens (tertiary/aromatic N) is 4. The van der Waals surface area contributed by atoms with Crippen LogP contribution < -0.4 is 16.0 Å². The molecule has 1 fully saturated rings. The smallest absolute Gasteiger partial charge is 0.256 e. The molecule has 0 aliphatic carbocycles. The van der Waals surface area contributed by atoms with Gasteiger partial charge >= 0.3 is 0 Å². The molecule has 0 bridgehead atoms. The van der Waals surface area contributed by atoms with E-state index in [0.29, 0.717) is 17.0 Å². The van der Waals surface area contributed by atoms with Crippen molar-refractivity contribution in [2.45, 2.75) is 0 Å². The Bertz CT molecular complexity index is 586. The Morgan fingerprint density at radius 3 is 2.89 bits per heavy atom. The van der Waals surface area contributed by atoms with Gasteiger partial charge in [-0.3, -0.25) is 4.79 Å². The van der Waals surface area contributed by atoms with E-state index >= 15 is 0 Å². The summed E-state index contributed by atoms with van der Waals surface area (Å²) in [6.07, 6.45) is 3.39. The highest BCUT2D eigenvalue weighted by Gasteiger charge is 2.24. The molecule has 0 aromatic carbocycles. The molecule has 18 heavy (non-hydrogen) atoms. The Morgan fingerprint density at radius 2 is 2.17 bits per heavy atom. The molecule has 1 aliphatic rings. The molecule has 2 aromatic rings. The van der Waals surface area contributed by atoms with Crippen molar-refractivity contribution in [3.05, 3.63) is 24.0 Å². The van der Waals surface area contributed by atoms with Crippen molar-refractivity contribution in [3.8, 4) is 0 Å². The molecular weight excluding hydrogens is 232 g/mol. The number of fused-ring (bicyclic) bond motifs is 1. The van der Waals surface area contributed by atoms with Gasteiger partial charge in [0.05, 0.1) is 0 Å². The van der Waals surface area contributed by atoms with Crippen LogP contribution in [0.5, 0.6) is 0 Å². The Balaban J connectivity index is 2.14. The number of carbonyl (C=O) groups excluding carboxylic acids is 1. The number of rotatable bonds is 2. The van der Waals surface area contributed by atoms with Crippen molar-refractivity contribution in [2.24, 2.45) is 5.73 Å². The summed E-state index contributed by atoms with van der Waals surface area (Å²) in [5.74, 6) is 0.139. The van der Waals surface area contributed by atoms with E-state index in [1.807, 2.05) is 0 Å². The van der Waals surface area contributed by atoms with Crippen LogP contribution in [0.15, 0.2) is 18.5 Å². The lowest BCUT2D eigenvalue weighted by atomic mass is 10.2. The number of piperazine rings is 1. The molecule has 7 heteroatoms. The topological polar surface area (TPSA) is 88.5 Å². The lowest BCUT2D eigenvalue weighted by Gasteiger charge is -2.27. The number of carbonyl (C=O) groups is 1. The largest absolute Gasteiger partial charge is 0.365 e. The first-order valence-electron chi connectivity index (χ1n) is 5.86. The maximum absolute atomic E-state index is 11.6. The number of hydrogen-bond acceptors (Lipinski definition) is 5. The Hall–Kier alpha value is -2.15. The van der Waals surface area contributed by atoms with Gasteiger partial charge in [-0.25, -0.2) is 9.50 Å². The molecule has 0 unspecified atom stereocenters. The molecule has 0 saturated carbocycles. The van der Waals surface area contributed by atoms with Crippen molar-refractivity contribution >= 4 is 17.4 Å². The molecular formula is C11H14N6O. The Morgan fingerprint density at radius 1 is 1.39 bits per heavy atom. The van der Waals surface area contributed by atoms with Crippen LogP contribution in [-0.4, -0.2) is 46.7 Å². The fourth-order valence-electron chi connectivity index (χ4n) is 2.19. The lowest BCUT2D eigenvalue weighted by Crippen LogP contribution is -2.44. The average Bonchev–Trinajstić information content (AvgIpc) is 2.79. The van der Waals surface area contributed by atoms with Gasteiger partial charge in [0.25, 0.3) is 5.91 Å². The minimum atomic E-state index is -0.489. The first-order chi connectivity index (χ1) is 8.77. The third-order valence-corrected chi connectivity index (χ3v) is 3.04. The maximum atomic E-state index is 11.6. The zero-order valence-corrected chi connectivity index (χ0v) is 9.83. The quantitative estimate of drug-likeness (QED) is 0.727. The van der Waals surface area contributed by atoms with Crippen LogP contribution in [-0.2, 0) is 0 Å². The molecule has 1 saturated heterocycles. The van der Waals surface area contributed by atoms with Crippen LogP contribution >= 0.6 is 0 Å². The van der Waals surface area contributed by atoms with Crippen molar-refractivity contribution < 1.29 is 4.79 Å². The molecule has 1 aliphatic heterocycles. The van der Waals surface area contributed by atoms with Gasteiger partial charge in [-0.1, -0.05) is 0 Å². The van der Waals surface area contributed by atoms with Crippen molar-refractivity contribution in [1.29, 1.82) is 0 Å². The predicted octanol–water partition coefficient (Wildman–Crippen LogP) is -0.762. The number of nitrogens with one attached hydrogen (secondary N) is 1. The van der Waals surface area contributed by atoms with E-state index in [2.05, 4.69) is 20.3 Å². The van der Waals surface area contributed by atoms with Crippen LogP contribution in [0.2, 0.25) is 0 Å². The Labute approximate surface area is 104 Å². The lowest BCUT2D eigenvalue weighted by molar-refractivity contribution is 0.100. The molecule has 0 radical (unpaired) electrons. The zero-order chi connectivity index (χ0) is 12.5. The van der Waals surface area contributed by atoms with Gasteiger partial charge in [0.2, 0.25) is 0 Å². The van der Waals surface area contributed by atoms with Crippen molar-refractivity contribution in [2.75, 3.05) is 31.1 Å². The summed E-state index contributed by atoms with van der Waals surface area (Å²) in [6, 6.07) is 1.77.